The monoisotopic (exact) mass is 340 g/mol. The predicted molar refractivity (Wildman–Crippen MR) is 99.3 cm³/mol. The fraction of sp³-hybridized carbons (Fsp3) is 0.889. The number of hydrogen-bond donors (Lipinski definition) is 3. The highest BCUT2D eigenvalue weighted by Gasteiger charge is 2.11. The van der Waals surface area contributed by atoms with Crippen LogP contribution in [0.4, 0.5) is 0 Å². The highest BCUT2D eigenvalue weighted by Crippen LogP contribution is 2.19. The standard InChI is InChI=1S/C18H36N4O2/c1-3-12-20-17(23)11-13-21-18(19-4-2)22-14-15-24-16-9-7-5-6-8-10-16/h16H,3-15H2,1-2H3,(H,20,23)(H2,19,21,22). The van der Waals surface area contributed by atoms with Crippen LogP contribution in [0.5, 0.6) is 0 Å². The maximum Gasteiger partial charge on any atom is 0.221 e. The summed E-state index contributed by atoms with van der Waals surface area (Å²) in [5.41, 5.74) is 0. The van der Waals surface area contributed by atoms with Crippen molar-refractivity contribution in [3.8, 4) is 0 Å². The van der Waals surface area contributed by atoms with Crippen LogP contribution in [0.15, 0.2) is 4.99 Å². The molecule has 1 fully saturated rings. The van der Waals surface area contributed by atoms with Crippen LogP contribution in [-0.4, -0.2) is 50.8 Å². The van der Waals surface area contributed by atoms with Gasteiger partial charge >= 0.3 is 0 Å². The van der Waals surface area contributed by atoms with Crippen molar-refractivity contribution >= 4 is 11.9 Å². The first-order valence-electron chi connectivity index (χ1n) is 9.66. The lowest BCUT2D eigenvalue weighted by Gasteiger charge is -2.15. The Balaban J connectivity index is 2.19. The van der Waals surface area contributed by atoms with Crippen LogP contribution in [-0.2, 0) is 9.53 Å². The molecule has 0 heterocycles. The number of guanidine groups is 1. The number of ether oxygens (including phenoxy) is 1. The molecule has 24 heavy (non-hydrogen) atoms. The number of carbonyl (C=O) groups is 1. The summed E-state index contributed by atoms with van der Waals surface area (Å²) in [6, 6.07) is 0. The second-order valence-corrected chi connectivity index (χ2v) is 6.27. The molecule has 0 unspecified atom stereocenters. The third-order valence-corrected chi connectivity index (χ3v) is 4.08. The first-order valence-corrected chi connectivity index (χ1v) is 9.66. The molecule has 0 aromatic heterocycles. The minimum atomic E-state index is 0.0805. The van der Waals surface area contributed by atoms with Gasteiger partial charge in [0.1, 0.15) is 0 Å². The molecule has 0 aromatic carbocycles. The lowest BCUT2D eigenvalue weighted by molar-refractivity contribution is -0.120. The second kappa shape index (κ2) is 14.1. The molecule has 1 amide bonds. The van der Waals surface area contributed by atoms with Crippen LogP contribution in [0.1, 0.15) is 65.2 Å². The minimum Gasteiger partial charge on any atom is -0.376 e. The number of nitrogens with zero attached hydrogens (tertiary/aromatic N) is 1. The molecule has 140 valence electrons. The molecule has 0 spiro atoms. The van der Waals surface area contributed by atoms with Crippen LogP contribution in [0.3, 0.4) is 0 Å². The van der Waals surface area contributed by atoms with Crippen LogP contribution in [0.2, 0.25) is 0 Å². The van der Waals surface area contributed by atoms with Crippen molar-refractivity contribution in [2.45, 2.75) is 71.3 Å². The van der Waals surface area contributed by atoms with Crippen molar-refractivity contribution in [2.24, 2.45) is 4.99 Å². The van der Waals surface area contributed by atoms with Crippen molar-refractivity contribution in [1.82, 2.24) is 16.0 Å². The normalized spacial score (nSPS) is 16.5. The van der Waals surface area contributed by atoms with Gasteiger partial charge in [-0.25, -0.2) is 0 Å². The van der Waals surface area contributed by atoms with E-state index >= 15 is 0 Å². The van der Waals surface area contributed by atoms with E-state index in [0.717, 1.165) is 25.5 Å². The summed E-state index contributed by atoms with van der Waals surface area (Å²) in [4.78, 5) is 16.1. The SMILES string of the molecule is CCCNC(=O)CCNC(=NCCOC1CCCCCC1)NCC. The van der Waals surface area contributed by atoms with Gasteiger partial charge in [0.25, 0.3) is 0 Å². The first kappa shape index (κ1) is 20.7. The molecule has 3 N–H and O–H groups in total. The number of hydrogen-bond acceptors (Lipinski definition) is 3. The van der Waals surface area contributed by atoms with Crippen molar-refractivity contribution in [3.05, 3.63) is 0 Å². The minimum absolute atomic E-state index is 0.0805. The Morgan fingerprint density at radius 2 is 1.79 bits per heavy atom. The molecule has 0 aromatic rings. The van der Waals surface area contributed by atoms with E-state index in [2.05, 4.69) is 20.9 Å². The Bertz CT molecular complexity index is 353. The van der Waals surface area contributed by atoms with Gasteiger partial charge < -0.3 is 20.7 Å². The molecule has 0 atom stereocenters. The van der Waals surface area contributed by atoms with Gasteiger partial charge in [0.2, 0.25) is 5.91 Å². The highest BCUT2D eigenvalue weighted by atomic mass is 16.5. The van der Waals surface area contributed by atoms with Crippen LogP contribution < -0.4 is 16.0 Å². The summed E-state index contributed by atoms with van der Waals surface area (Å²) in [7, 11) is 0. The van der Waals surface area contributed by atoms with E-state index in [-0.39, 0.29) is 5.91 Å². The Morgan fingerprint density at radius 1 is 1.04 bits per heavy atom. The molecule has 1 aliphatic rings. The topological polar surface area (TPSA) is 74.8 Å². The molecular weight excluding hydrogens is 304 g/mol. The van der Waals surface area contributed by atoms with Gasteiger partial charge in [-0.05, 0) is 26.2 Å². The summed E-state index contributed by atoms with van der Waals surface area (Å²) < 4.78 is 5.95. The molecule has 6 heteroatoms. The quantitative estimate of drug-likeness (QED) is 0.247. The maximum absolute atomic E-state index is 11.6. The second-order valence-electron chi connectivity index (χ2n) is 6.27. The van der Waals surface area contributed by atoms with Gasteiger partial charge in [-0.2, -0.15) is 0 Å². The maximum atomic E-state index is 11.6. The lowest BCUT2D eigenvalue weighted by atomic mass is 10.1. The Labute approximate surface area is 147 Å². The Morgan fingerprint density at radius 3 is 2.46 bits per heavy atom. The van der Waals surface area contributed by atoms with E-state index in [1.54, 1.807) is 0 Å². The molecule has 6 nitrogen and oxygen atoms in total. The zero-order valence-electron chi connectivity index (χ0n) is 15.5. The van der Waals surface area contributed by atoms with Gasteiger partial charge in [0.15, 0.2) is 5.96 Å². The van der Waals surface area contributed by atoms with Crippen molar-refractivity contribution in [3.63, 3.8) is 0 Å². The number of amides is 1. The number of nitrogens with one attached hydrogen (secondary N) is 3. The summed E-state index contributed by atoms with van der Waals surface area (Å²) >= 11 is 0. The molecule has 0 bridgehead atoms. The third kappa shape index (κ3) is 10.5. The summed E-state index contributed by atoms with van der Waals surface area (Å²) in [5, 5.41) is 9.27. The summed E-state index contributed by atoms with van der Waals surface area (Å²) in [6.45, 7) is 7.53. The molecule has 1 saturated carbocycles. The van der Waals surface area contributed by atoms with E-state index in [1.165, 1.54) is 38.5 Å². The summed E-state index contributed by atoms with van der Waals surface area (Å²) in [6.07, 6.45) is 9.49. The molecule has 0 radical (unpaired) electrons. The zero-order valence-corrected chi connectivity index (χ0v) is 15.5. The molecular formula is C18H36N4O2. The lowest BCUT2D eigenvalue weighted by Crippen LogP contribution is -2.39. The molecule has 1 rings (SSSR count). The van der Waals surface area contributed by atoms with E-state index in [1.807, 2.05) is 13.8 Å². The van der Waals surface area contributed by atoms with Crippen LogP contribution in [0.25, 0.3) is 0 Å². The third-order valence-electron chi connectivity index (χ3n) is 4.08. The Hall–Kier alpha value is -1.30. The largest absolute Gasteiger partial charge is 0.376 e. The zero-order chi connectivity index (χ0) is 17.5. The molecule has 1 aliphatic carbocycles. The summed E-state index contributed by atoms with van der Waals surface area (Å²) in [5.74, 6) is 0.835. The van der Waals surface area contributed by atoms with Gasteiger partial charge in [0.05, 0.1) is 19.3 Å². The van der Waals surface area contributed by atoms with E-state index in [4.69, 9.17) is 4.74 Å². The molecule has 0 saturated heterocycles. The van der Waals surface area contributed by atoms with Crippen molar-refractivity contribution in [1.29, 1.82) is 0 Å². The fourth-order valence-electron chi connectivity index (χ4n) is 2.77. The van der Waals surface area contributed by atoms with E-state index in [9.17, 15) is 4.79 Å². The van der Waals surface area contributed by atoms with Gasteiger partial charge in [-0.1, -0.05) is 32.6 Å². The van der Waals surface area contributed by atoms with Gasteiger partial charge in [-0.15, -0.1) is 0 Å². The molecule has 0 aliphatic heterocycles. The number of rotatable bonds is 10. The van der Waals surface area contributed by atoms with Gasteiger partial charge in [-0.3, -0.25) is 9.79 Å². The first-order chi connectivity index (χ1) is 11.8. The van der Waals surface area contributed by atoms with Crippen LogP contribution >= 0.6 is 0 Å². The smallest absolute Gasteiger partial charge is 0.221 e. The van der Waals surface area contributed by atoms with Crippen molar-refractivity contribution < 1.29 is 9.53 Å². The van der Waals surface area contributed by atoms with Gasteiger partial charge in [0, 0.05) is 26.1 Å². The predicted octanol–water partition coefficient (Wildman–Crippen LogP) is 2.20. The Kier molecular flexibility index (Phi) is 12.2. The average Bonchev–Trinajstić information content (AvgIpc) is 2.85. The average molecular weight is 341 g/mol. The van der Waals surface area contributed by atoms with E-state index < -0.39 is 0 Å². The number of aliphatic imine (C=N–C) groups is 1. The van der Waals surface area contributed by atoms with Crippen LogP contribution in [0, 0.1) is 0 Å². The van der Waals surface area contributed by atoms with Crippen molar-refractivity contribution in [2.75, 3.05) is 32.8 Å². The van der Waals surface area contributed by atoms with E-state index in [0.29, 0.717) is 32.2 Å². The highest BCUT2D eigenvalue weighted by molar-refractivity contribution is 5.81. The number of carbonyl (C=O) groups excluding carboxylic acids is 1. The fourth-order valence-corrected chi connectivity index (χ4v) is 2.77.